The van der Waals surface area contributed by atoms with Crippen LogP contribution in [0.2, 0.25) is 0 Å². The Hall–Kier alpha value is -2.60. The monoisotopic (exact) mass is 293 g/mol. The lowest BCUT2D eigenvalue weighted by atomic mass is 9.87. The number of aromatic nitrogens is 4. The molecule has 0 amide bonds. The first-order valence-electron chi connectivity index (χ1n) is 7.30. The maximum atomic E-state index is 6.15. The molecule has 1 aliphatic rings. The molecule has 1 aliphatic carbocycles. The molecule has 0 radical (unpaired) electrons. The van der Waals surface area contributed by atoms with Gasteiger partial charge in [0.15, 0.2) is 0 Å². The van der Waals surface area contributed by atoms with Gasteiger partial charge in [0, 0.05) is 17.8 Å². The van der Waals surface area contributed by atoms with Crippen molar-refractivity contribution in [2.75, 3.05) is 0 Å². The predicted octanol–water partition coefficient (Wildman–Crippen LogP) is 2.53. The second kappa shape index (κ2) is 5.31. The normalized spacial score (nSPS) is 17.2. The average Bonchev–Trinajstić information content (AvgIpc) is 3.06. The Morgan fingerprint density at radius 3 is 3.05 bits per heavy atom. The van der Waals surface area contributed by atoms with Gasteiger partial charge in [-0.05, 0) is 48.6 Å². The van der Waals surface area contributed by atoms with E-state index in [0.29, 0.717) is 17.4 Å². The quantitative estimate of drug-likeness (QED) is 0.780. The fourth-order valence-electron chi connectivity index (χ4n) is 2.85. The van der Waals surface area contributed by atoms with Gasteiger partial charge in [0.05, 0.1) is 0 Å². The highest BCUT2D eigenvalue weighted by molar-refractivity contribution is 5.59. The van der Waals surface area contributed by atoms with Crippen molar-refractivity contribution < 1.29 is 4.52 Å². The zero-order valence-corrected chi connectivity index (χ0v) is 11.9. The molecule has 6 heteroatoms. The van der Waals surface area contributed by atoms with Crippen LogP contribution in [-0.4, -0.2) is 20.1 Å². The molecular weight excluding hydrogens is 278 g/mol. The van der Waals surface area contributed by atoms with Crippen LogP contribution in [0, 0.1) is 0 Å². The zero-order chi connectivity index (χ0) is 14.9. The Kier molecular flexibility index (Phi) is 3.16. The first kappa shape index (κ1) is 13.1. The van der Waals surface area contributed by atoms with Crippen molar-refractivity contribution >= 4 is 0 Å². The van der Waals surface area contributed by atoms with Gasteiger partial charge in [0.2, 0.25) is 5.82 Å². The van der Waals surface area contributed by atoms with Crippen LogP contribution < -0.4 is 5.73 Å². The molecule has 0 bridgehead atoms. The largest absolute Gasteiger partial charge is 0.334 e. The maximum Gasteiger partial charge on any atom is 0.258 e. The molecule has 0 saturated heterocycles. The highest BCUT2D eigenvalue weighted by atomic mass is 16.5. The summed E-state index contributed by atoms with van der Waals surface area (Å²) in [7, 11) is 0. The number of hydrogen-bond acceptors (Lipinski definition) is 6. The van der Waals surface area contributed by atoms with Gasteiger partial charge in [-0.15, -0.1) is 0 Å². The van der Waals surface area contributed by atoms with Crippen molar-refractivity contribution in [2.45, 2.75) is 25.3 Å². The van der Waals surface area contributed by atoms with Gasteiger partial charge in [0.25, 0.3) is 5.89 Å². The first-order valence-corrected chi connectivity index (χ1v) is 7.30. The molecule has 2 heterocycles. The van der Waals surface area contributed by atoms with Gasteiger partial charge in [-0.3, -0.25) is 0 Å². The first-order chi connectivity index (χ1) is 10.8. The van der Waals surface area contributed by atoms with Crippen molar-refractivity contribution in [3.63, 3.8) is 0 Å². The Labute approximate surface area is 127 Å². The second-order valence-corrected chi connectivity index (χ2v) is 5.43. The third-order valence-electron chi connectivity index (χ3n) is 3.99. The van der Waals surface area contributed by atoms with E-state index in [-0.39, 0.29) is 6.04 Å². The van der Waals surface area contributed by atoms with Crippen LogP contribution in [0.1, 0.15) is 30.0 Å². The van der Waals surface area contributed by atoms with Crippen molar-refractivity contribution in [3.05, 3.63) is 47.9 Å². The van der Waals surface area contributed by atoms with Gasteiger partial charge in [-0.25, -0.2) is 9.97 Å². The van der Waals surface area contributed by atoms with Gasteiger partial charge in [-0.1, -0.05) is 11.2 Å². The van der Waals surface area contributed by atoms with Crippen LogP contribution in [0.15, 0.2) is 41.3 Å². The van der Waals surface area contributed by atoms with Crippen molar-refractivity contribution in [1.29, 1.82) is 0 Å². The number of hydrogen-bond donors (Lipinski definition) is 1. The van der Waals surface area contributed by atoms with Crippen molar-refractivity contribution in [2.24, 2.45) is 5.73 Å². The van der Waals surface area contributed by atoms with Crippen molar-refractivity contribution in [1.82, 2.24) is 20.1 Å². The minimum absolute atomic E-state index is 0.136. The van der Waals surface area contributed by atoms with Gasteiger partial charge >= 0.3 is 0 Å². The molecule has 2 N–H and O–H groups in total. The fraction of sp³-hybridized carbons (Fsp3) is 0.250. The summed E-state index contributed by atoms with van der Waals surface area (Å²) in [6, 6.07) is 8.05. The van der Waals surface area contributed by atoms with Crippen LogP contribution in [0.4, 0.5) is 0 Å². The summed E-state index contributed by atoms with van der Waals surface area (Å²) in [5, 5.41) is 3.99. The van der Waals surface area contributed by atoms with Gasteiger partial charge < -0.3 is 10.3 Å². The summed E-state index contributed by atoms with van der Waals surface area (Å²) in [5.74, 6) is 0.961. The van der Waals surface area contributed by atoms with E-state index in [1.165, 1.54) is 17.5 Å². The third-order valence-corrected chi connectivity index (χ3v) is 3.99. The minimum Gasteiger partial charge on any atom is -0.334 e. The van der Waals surface area contributed by atoms with E-state index in [4.69, 9.17) is 10.3 Å². The van der Waals surface area contributed by atoms with E-state index in [9.17, 15) is 0 Å². The molecule has 1 unspecified atom stereocenters. The van der Waals surface area contributed by atoms with E-state index < -0.39 is 0 Å². The second-order valence-electron chi connectivity index (χ2n) is 5.43. The number of nitrogens with zero attached hydrogens (tertiary/aromatic N) is 4. The van der Waals surface area contributed by atoms with E-state index in [0.717, 1.165) is 24.8 Å². The summed E-state index contributed by atoms with van der Waals surface area (Å²) in [6.45, 7) is 0. The minimum atomic E-state index is 0.136. The van der Waals surface area contributed by atoms with E-state index in [1.807, 2.05) is 6.07 Å². The Balaban J connectivity index is 1.70. The Morgan fingerprint density at radius 1 is 1.23 bits per heavy atom. The highest BCUT2D eigenvalue weighted by Gasteiger charge is 2.19. The summed E-state index contributed by atoms with van der Waals surface area (Å²) in [6.07, 6.45) is 6.33. The predicted molar refractivity (Wildman–Crippen MR) is 80.6 cm³/mol. The number of nitrogens with two attached hydrogens (primary N) is 1. The summed E-state index contributed by atoms with van der Waals surface area (Å²) in [5.41, 5.74) is 10.2. The number of fused-ring (bicyclic) bond motifs is 1. The van der Waals surface area contributed by atoms with E-state index in [1.54, 1.807) is 12.3 Å². The fourth-order valence-corrected chi connectivity index (χ4v) is 2.85. The molecule has 2 aromatic heterocycles. The summed E-state index contributed by atoms with van der Waals surface area (Å²) < 4.78 is 5.37. The standard InChI is InChI=1S/C16H15N5O/c17-13-3-1-2-10-8-11(4-5-12(10)13)16-20-15(21-22-16)14-6-7-18-9-19-14/h4-9,13H,1-3,17H2. The lowest BCUT2D eigenvalue weighted by molar-refractivity contribution is 0.432. The Bertz CT molecular complexity index is 799. The molecule has 0 spiro atoms. The van der Waals surface area contributed by atoms with Gasteiger partial charge in [-0.2, -0.15) is 4.98 Å². The highest BCUT2D eigenvalue weighted by Crippen LogP contribution is 2.31. The summed E-state index contributed by atoms with van der Waals surface area (Å²) in [4.78, 5) is 12.4. The molecule has 0 saturated carbocycles. The van der Waals surface area contributed by atoms with Crippen LogP contribution in [-0.2, 0) is 6.42 Å². The van der Waals surface area contributed by atoms with E-state index >= 15 is 0 Å². The average molecular weight is 293 g/mol. The van der Waals surface area contributed by atoms with Crippen LogP contribution in [0.25, 0.3) is 23.0 Å². The molecule has 3 aromatic rings. The molecule has 4 rings (SSSR count). The topological polar surface area (TPSA) is 90.7 Å². The van der Waals surface area contributed by atoms with E-state index in [2.05, 4.69) is 32.2 Å². The molecule has 22 heavy (non-hydrogen) atoms. The molecule has 0 fully saturated rings. The molecule has 110 valence electrons. The zero-order valence-electron chi connectivity index (χ0n) is 11.9. The Morgan fingerprint density at radius 2 is 2.18 bits per heavy atom. The molecular formula is C16H15N5O. The van der Waals surface area contributed by atoms with Crippen LogP contribution in [0.3, 0.4) is 0 Å². The third kappa shape index (κ3) is 2.27. The lowest BCUT2D eigenvalue weighted by Gasteiger charge is -2.22. The molecule has 0 aliphatic heterocycles. The maximum absolute atomic E-state index is 6.15. The molecule has 1 aromatic carbocycles. The SMILES string of the molecule is NC1CCCc2cc(-c3nc(-c4ccncn4)no3)ccc21. The van der Waals surface area contributed by atoms with Crippen LogP contribution in [0.5, 0.6) is 0 Å². The van der Waals surface area contributed by atoms with Gasteiger partial charge in [0.1, 0.15) is 12.0 Å². The number of aryl methyl sites for hydroxylation is 1. The van der Waals surface area contributed by atoms with Crippen LogP contribution >= 0.6 is 0 Å². The number of benzene rings is 1. The smallest absolute Gasteiger partial charge is 0.258 e. The number of rotatable bonds is 2. The molecule has 1 atom stereocenters. The summed E-state index contributed by atoms with van der Waals surface area (Å²) >= 11 is 0. The molecule has 6 nitrogen and oxygen atoms in total. The lowest BCUT2D eigenvalue weighted by Crippen LogP contribution is -2.17. The van der Waals surface area contributed by atoms with Crippen molar-refractivity contribution in [3.8, 4) is 23.0 Å².